The SMILES string of the molecule is CC(C)COc1ccccc1N=Cc1cc([N+](=O)[O-])ccc1O. The summed E-state index contributed by atoms with van der Waals surface area (Å²) in [6, 6.07) is 11.0. The zero-order valence-corrected chi connectivity index (χ0v) is 13.0. The van der Waals surface area contributed by atoms with Crippen molar-refractivity contribution < 1.29 is 14.8 Å². The van der Waals surface area contributed by atoms with Crippen LogP contribution in [-0.2, 0) is 0 Å². The van der Waals surface area contributed by atoms with Crippen LogP contribution in [0.4, 0.5) is 11.4 Å². The molecule has 0 atom stereocenters. The third-order valence-electron chi connectivity index (χ3n) is 3.00. The fourth-order valence-corrected chi connectivity index (χ4v) is 1.84. The van der Waals surface area contributed by atoms with E-state index in [4.69, 9.17) is 4.74 Å². The van der Waals surface area contributed by atoms with Crippen LogP contribution in [0.15, 0.2) is 47.5 Å². The molecule has 0 saturated carbocycles. The third kappa shape index (κ3) is 4.54. The lowest BCUT2D eigenvalue weighted by atomic mass is 10.2. The van der Waals surface area contributed by atoms with Crippen molar-refractivity contribution in [3.05, 3.63) is 58.1 Å². The third-order valence-corrected chi connectivity index (χ3v) is 3.00. The van der Waals surface area contributed by atoms with Crippen molar-refractivity contribution in [3.63, 3.8) is 0 Å². The summed E-state index contributed by atoms with van der Waals surface area (Å²) in [6.07, 6.45) is 1.39. The smallest absolute Gasteiger partial charge is 0.270 e. The normalized spacial score (nSPS) is 11.1. The second-order valence-corrected chi connectivity index (χ2v) is 5.43. The maximum absolute atomic E-state index is 10.8. The number of benzene rings is 2. The Bertz CT molecular complexity index is 726. The topological polar surface area (TPSA) is 85.0 Å². The predicted molar refractivity (Wildman–Crippen MR) is 88.8 cm³/mol. The lowest BCUT2D eigenvalue weighted by molar-refractivity contribution is -0.384. The molecule has 23 heavy (non-hydrogen) atoms. The fraction of sp³-hybridized carbons (Fsp3) is 0.235. The summed E-state index contributed by atoms with van der Waals surface area (Å²) in [5.41, 5.74) is 0.769. The summed E-state index contributed by atoms with van der Waals surface area (Å²) in [5.74, 6) is 0.940. The highest BCUT2D eigenvalue weighted by Crippen LogP contribution is 2.28. The first-order valence-electron chi connectivity index (χ1n) is 7.20. The minimum absolute atomic E-state index is 0.0695. The van der Waals surface area contributed by atoms with Gasteiger partial charge in [0, 0.05) is 23.9 Å². The Morgan fingerprint density at radius 2 is 2.04 bits per heavy atom. The predicted octanol–water partition coefficient (Wildman–Crippen LogP) is 4.09. The summed E-state index contributed by atoms with van der Waals surface area (Å²) >= 11 is 0. The van der Waals surface area contributed by atoms with E-state index in [-0.39, 0.29) is 17.0 Å². The molecule has 2 aromatic carbocycles. The zero-order chi connectivity index (χ0) is 16.8. The number of hydrogen-bond acceptors (Lipinski definition) is 5. The summed E-state index contributed by atoms with van der Waals surface area (Å²) in [4.78, 5) is 14.6. The van der Waals surface area contributed by atoms with Gasteiger partial charge < -0.3 is 9.84 Å². The van der Waals surface area contributed by atoms with E-state index in [1.807, 2.05) is 32.0 Å². The average Bonchev–Trinajstić information content (AvgIpc) is 2.52. The van der Waals surface area contributed by atoms with E-state index < -0.39 is 4.92 Å². The molecule has 0 aliphatic rings. The van der Waals surface area contributed by atoms with E-state index in [1.165, 1.54) is 24.4 Å². The van der Waals surface area contributed by atoms with Gasteiger partial charge in [-0.25, -0.2) is 0 Å². The van der Waals surface area contributed by atoms with Gasteiger partial charge in [0.1, 0.15) is 17.2 Å². The van der Waals surface area contributed by atoms with E-state index in [9.17, 15) is 15.2 Å². The number of nitrogens with zero attached hydrogens (tertiary/aromatic N) is 2. The molecule has 0 spiro atoms. The first-order valence-corrected chi connectivity index (χ1v) is 7.20. The number of hydrogen-bond donors (Lipinski definition) is 1. The fourth-order valence-electron chi connectivity index (χ4n) is 1.84. The van der Waals surface area contributed by atoms with Gasteiger partial charge in [-0.05, 0) is 24.1 Å². The Labute approximate surface area is 134 Å². The minimum Gasteiger partial charge on any atom is -0.507 e. The molecule has 0 unspecified atom stereocenters. The minimum atomic E-state index is -0.517. The average molecular weight is 314 g/mol. The number of ether oxygens (including phenoxy) is 1. The van der Waals surface area contributed by atoms with Crippen LogP contribution in [-0.4, -0.2) is 22.9 Å². The second kappa shape index (κ2) is 7.40. The lowest BCUT2D eigenvalue weighted by Crippen LogP contribution is -2.04. The maximum atomic E-state index is 10.8. The van der Waals surface area contributed by atoms with E-state index >= 15 is 0 Å². The van der Waals surface area contributed by atoms with Gasteiger partial charge in [0.2, 0.25) is 0 Å². The molecule has 0 radical (unpaired) electrons. The van der Waals surface area contributed by atoms with Crippen molar-refractivity contribution in [2.45, 2.75) is 13.8 Å². The molecule has 0 bridgehead atoms. The van der Waals surface area contributed by atoms with E-state index in [0.29, 0.717) is 24.0 Å². The van der Waals surface area contributed by atoms with Gasteiger partial charge in [-0.3, -0.25) is 15.1 Å². The van der Waals surface area contributed by atoms with Crippen LogP contribution < -0.4 is 4.74 Å². The Morgan fingerprint density at radius 1 is 1.30 bits per heavy atom. The van der Waals surface area contributed by atoms with Crippen LogP contribution in [0.1, 0.15) is 19.4 Å². The van der Waals surface area contributed by atoms with Crippen molar-refractivity contribution in [1.82, 2.24) is 0 Å². The molecule has 120 valence electrons. The van der Waals surface area contributed by atoms with Gasteiger partial charge in [-0.1, -0.05) is 26.0 Å². The Kier molecular flexibility index (Phi) is 5.30. The van der Waals surface area contributed by atoms with Gasteiger partial charge in [0.05, 0.1) is 11.5 Å². The number of nitro benzene ring substituents is 1. The number of phenolic OH excluding ortho intramolecular Hbond substituents is 1. The highest BCUT2D eigenvalue weighted by atomic mass is 16.6. The number of nitro groups is 1. The Balaban J connectivity index is 2.27. The van der Waals surface area contributed by atoms with Crippen molar-refractivity contribution in [1.29, 1.82) is 0 Å². The summed E-state index contributed by atoms with van der Waals surface area (Å²) in [7, 11) is 0. The summed E-state index contributed by atoms with van der Waals surface area (Å²) in [6.45, 7) is 4.66. The van der Waals surface area contributed by atoms with Crippen LogP contribution >= 0.6 is 0 Å². The number of rotatable bonds is 6. The van der Waals surface area contributed by atoms with Gasteiger partial charge >= 0.3 is 0 Å². The molecule has 0 saturated heterocycles. The highest BCUT2D eigenvalue weighted by molar-refractivity contribution is 5.86. The lowest BCUT2D eigenvalue weighted by Gasteiger charge is -2.10. The van der Waals surface area contributed by atoms with E-state index in [1.54, 1.807) is 6.07 Å². The molecular formula is C17H18N2O4. The molecule has 0 amide bonds. The number of para-hydroxylation sites is 2. The molecule has 0 aromatic heterocycles. The van der Waals surface area contributed by atoms with Crippen LogP contribution in [0.3, 0.4) is 0 Å². The largest absolute Gasteiger partial charge is 0.507 e. The van der Waals surface area contributed by atoms with Crippen molar-refractivity contribution in [3.8, 4) is 11.5 Å². The van der Waals surface area contributed by atoms with Gasteiger partial charge in [0.15, 0.2) is 0 Å². The molecular weight excluding hydrogens is 296 g/mol. The number of aliphatic imine (C=N–C) groups is 1. The van der Waals surface area contributed by atoms with Gasteiger partial charge in [0.25, 0.3) is 5.69 Å². The van der Waals surface area contributed by atoms with Crippen LogP contribution in [0.2, 0.25) is 0 Å². The molecule has 0 aliphatic heterocycles. The number of non-ortho nitro benzene ring substituents is 1. The zero-order valence-electron chi connectivity index (χ0n) is 13.0. The van der Waals surface area contributed by atoms with Crippen LogP contribution in [0, 0.1) is 16.0 Å². The molecule has 0 aliphatic carbocycles. The highest BCUT2D eigenvalue weighted by Gasteiger charge is 2.09. The monoisotopic (exact) mass is 314 g/mol. The molecule has 6 heteroatoms. The first kappa shape index (κ1) is 16.5. The van der Waals surface area contributed by atoms with E-state index in [0.717, 1.165) is 0 Å². The van der Waals surface area contributed by atoms with Gasteiger partial charge in [-0.2, -0.15) is 0 Å². The molecule has 2 aromatic rings. The van der Waals surface area contributed by atoms with Crippen molar-refractivity contribution in [2.24, 2.45) is 10.9 Å². The molecule has 0 heterocycles. The molecule has 2 rings (SSSR count). The Morgan fingerprint density at radius 3 is 2.74 bits per heavy atom. The van der Waals surface area contributed by atoms with Crippen molar-refractivity contribution >= 4 is 17.6 Å². The molecule has 6 nitrogen and oxygen atoms in total. The standard InChI is InChI=1S/C17H18N2O4/c1-12(2)11-23-17-6-4-3-5-15(17)18-10-13-9-14(19(21)22)7-8-16(13)20/h3-10,12,20H,11H2,1-2H3. The molecule has 1 N–H and O–H groups in total. The number of phenols is 1. The van der Waals surface area contributed by atoms with Crippen LogP contribution in [0.5, 0.6) is 11.5 Å². The van der Waals surface area contributed by atoms with E-state index in [2.05, 4.69) is 4.99 Å². The van der Waals surface area contributed by atoms with Gasteiger partial charge in [-0.15, -0.1) is 0 Å². The summed E-state index contributed by atoms with van der Waals surface area (Å²) in [5, 5.41) is 20.6. The second-order valence-electron chi connectivity index (χ2n) is 5.43. The quantitative estimate of drug-likeness (QED) is 0.494. The molecule has 0 fully saturated rings. The first-order chi connectivity index (χ1) is 11.0. The summed E-state index contributed by atoms with van der Waals surface area (Å²) < 4.78 is 5.69. The van der Waals surface area contributed by atoms with Crippen molar-refractivity contribution in [2.75, 3.05) is 6.61 Å². The number of aromatic hydroxyl groups is 1. The Hall–Kier alpha value is -2.89. The van der Waals surface area contributed by atoms with Crippen LogP contribution in [0.25, 0.3) is 0 Å². The maximum Gasteiger partial charge on any atom is 0.270 e.